The summed E-state index contributed by atoms with van der Waals surface area (Å²) in [5.74, 6) is 1.47. The van der Waals surface area contributed by atoms with Crippen LogP contribution in [0.25, 0.3) is 0 Å². The van der Waals surface area contributed by atoms with E-state index in [9.17, 15) is 0 Å². The average molecular weight is 236 g/mol. The van der Waals surface area contributed by atoms with Gasteiger partial charge in [0.2, 0.25) is 0 Å². The van der Waals surface area contributed by atoms with Crippen molar-refractivity contribution in [3.63, 3.8) is 0 Å². The molecule has 0 heterocycles. The van der Waals surface area contributed by atoms with E-state index in [1.54, 1.807) is 7.11 Å². The Morgan fingerprint density at radius 1 is 1.07 bits per heavy atom. The fourth-order valence-electron chi connectivity index (χ4n) is 1.07. The lowest BCUT2D eigenvalue weighted by Gasteiger charge is -2.12. The van der Waals surface area contributed by atoms with Gasteiger partial charge >= 0.3 is 0 Å². The molecule has 0 saturated heterocycles. The predicted molar refractivity (Wildman–Crippen MR) is 65.8 cm³/mol. The molecule has 0 aliphatic heterocycles. The van der Waals surface area contributed by atoms with Crippen molar-refractivity contribution in [2.24, 2.45) is 5.92 Å². The molecule has 15 heavy (non-hydrogen) atoms. The minimum absolute atomic E-state index is 0.571. The Morgan fingerprint density at radius 2 is 1.80 bits per heavy atom. The van der Waals surface area contributed by atoms with Gasteiger partial charge in [0.1, 0.15) is 0 Å². The van der Waals surface area contributed by atoms with Crippen molar-refractivity contribution in [3.8, 4) is 0 Å². The van der Waals surface area contributed by atoms with E-state index >= 15 is 0 Å². The van der Waals surface area contributed by atoms with Gasteiger partial charge in [0.05, 0.1) is 19.8 Å². The van der Waals surface area contributed by atoms with Gasteiger partial charge in [-0.25, -0.2) is 0 Å². The molecule has 0 aliphatic carbocycles. The number of hydrogen-bond donors (Lipinski definition) is 1. The molecule has 0 fully saturated rings. The van der Waals surface area contributed by atoms with E-state index < -0.39 is 0 Å². The van der Waals surface area contributed by atoms with Crippen LogP contribution >= 0.6 is 12.6 Å². The zero-order chi connectivity index (χ0) is 11.4. The van der Waals surface area contributed by atoms with Gasteiger partial charge in [-0.15, -0.1) is 0 Å². The zero-order valence-corrected chi connectivity index (χ0v) is 10.8. The van der Waals surface area contributed by atoms with Crippen molar-refractivity contribution >= 4 is 12.6 Å². The standard InChI is InChI=1S/C11H24O3S/c1-3-11(10-15)9-14-8-7-13-6-4-5-12-2/h11,15H,3-10H2,1-2H3. The fraction of sp³-hybridized carbons (Fsp3) is 1.00. The van der Waals surface area contributed by atoms with Crippen molar-refractivity contribution < 1.29 is 14.2 Å². The van der Waals surface area contributed by atoms with E-state index in [1.165, 1.54) is 0 Å². The van der Waals surface area contributed by atoms with Crippen LogP contribution in [-0.4, -0.2) is 45.9 Å². The number of thiol groups is 1. The van der Waals surface area contributed by atoms with Gasteiger partial charge in [0.15, 0.2) is 0 Å². The van der Waals surface area contributed by atoms with Crippen molar-refractivity contribution in [1.29, 1.82) is 0 Å². The Bertz CT molecular complexity index is 118. The van der Waals surface area contributed by atoms with Crippen LogP contribution in [0.15, 0.2) is 0 Å². The molecule has 0 N–H and O–H groups in total. The highest BCUT2D eigenvalue weighted by atomic mass is 32.1. The van der Waals surface area contributed by atoms with Crippen LogP contribution in [0, 0.1) is 5.92 Å². The molecule has 0 aromatic heterocycles. The maximum atomic E-state index is 5.48. The van der Waals surface area contributed by atoms with E-state index in [-0.39, 0.29) is 0 Å². The van der Waals surface area contributed by atoms with Gasteiger partial charge in [0, 0.05) is 20.3 Å². The second kappa shape index (κ2) is 12.3. The number of rotatable bonds is 11. The number of ether oxygens (including phenoxy) is 3. The molecule has 0 spiro atoms. The first-order valence-corrected chi connectivity index (χ1v) is 6.23. The smallest absolute Gasteiger partial charge is 0.0700 e. The highest BCUT2D eigenvalue weighted by Gasteiger charge is 2.02. The van der Waals surface area contributed by atoms with Crippen LogP contribution in [0.1, 0.15) is 19.8 Å². The highest BCUT2D eigenvalue weighted by Crippen LogP contribution is 2.04. The molecule has 0 radical (unpaired) electrons. The largest absolute Gasteiger partial charge is 0.385 e. The van der Waals surface area contributed by atoms with Crippen molar-refractivity contribution in [2.75, 3.05) is 45.9 Å². The van der Waals surface area contributed by atoms with Gasteiger partial charge in [-0.1, -0.05) is 13.3 Å². The summed E-state index contributed by atoms with van der Waals surface area (Å²) in [5, 5.41) is 0. The van der Waals surface area contributed by atoms with Crippen LogP contribution in [-0.2, 0) is 14.2 Å². The van der Waals surface area contributed by atoms with Crippen LogP contribution in [0.4, 0.5) is 0 Å². The molecular formula is C11H24O3S. The molecule has 0 bridgehead atoms. The Kier molecular flexibility index (Phi) is 12.5. The Balaban J connectivity index is 3.04. The lowest BCUT2D eigenvalue weighted by Crippen LogP contribution is -2.13. The molecule has 1 atom stereocenters. The average Bonchev–Trinajstić information content (AvgIpc) is 2.27. The lowest BCUT2D eigenvalue weighted by atomic mass is 10.1. The van der Waals surface area contributed by atoms with Crippen LogP contribution in [0.2, 0.25) is 0 Å². The van der Waals surface area contributed by atoms with E-state index in [4.69, 9.17) is 14.2 Å². The maximum Gasteiger partial charge on any atom is 0.0700 e. The fourth-order valence-corrected chi connectivity index (χ4v) is 1.44. The zero-order valence-electron chi connectivity index (χ0n) is 9.91. The second-order valence-electron chi connectivity index (χ2n) is 3.49. The quantitative estimate of drug-likeness (QED) is 0.439. The summed E-state index contributed by atoms with van der Waals surface area (Å²) in [4.78, 5) is 0. The van der Waals surface area contributed by atoms with E-state index in [0.29, 0.717) is 19.1 Å². The second-order valence-corrected chi connectivity index (χ2v) is 3.86. The molecular weight excluding hydrogens is 212 g/mol. The summed E-state index contributed by atoms with van der Waals surface area (Å²) in [5.41, 5.74) is 0. The minimum Gasteiger partial charge on any atom is -0.385 e. The van der Waals surface area contributed by atoms with Gasteiger partial charge in [-0.05, 0) is 18.1 Å². The monoisotopic (exact) mass is 236 g/mol. The van der Waals surface area contributed by atoms with Gasteiger partial charge < -0.3 is 14.2 Å². The Hall–Kier alpha value is 0.230. The van der Waals surface area contributed by atoms with Crippen molar-refractivity contribution in [3.05, 3.63) is 0 Å². The minimum atomic E-state index is 0.571. The number of methoxy groups -OCH3 is 1. The van der Waals surface area contributed by atoms with Crippen LogP contribution in [0.3, 0.4) is 0 Å². The first-order chi connectivity index (χ1) is 7.35. The number of hydrogen-bond acceptors (Lipinski definition) is 4. The van der Waals surface area contributed by atoms with Gasteiger partial charge in [-0.2, -0.15) is 12.6 Å². The summed E-state index contributed by atoms with van der Waals surface area (Å²) >= 11 is 4.25. The molecule has 1 unspecified atom stereocenters. The third-order valence-electron chi connectivity index (χ3n) is 2.20. The molecule has 3 nitrogen and oxygen atoms in total. The van der Waals surface area contributed by atoms with E-state index in [1.807, 2.05) is 0 Å². The first kappa shape index (κ1) is 15.2. The maximum absolute atomic E-state index is 5.48. The topological polar surface area (TPSA) is 27.7 Å². The Morgan fingerprint density at radius 3 is 2.40 bits per heavy atom. The molecule has 4 heteroatoms. The summed E-state index contributed by atoms with van der Waals surface area (Å²) in [6, 6.07) is 0. The molecule has 0 aromatic rings. The highest BCUT2D eigenvalue weighted by molar-refractivity contribution is 7.80. The molecule has 0 rings (SSSR count). The van der Waals surface area contributed by atoms with Crippen molar-refractivity contribution in [2.45, 2.75) is 19.8 Å². The third kappa shape index (κ3) is 10.5. The third-order valence-corrected chi connectivity index (χ3v) is 2.71. The van der Waals surface area contributed by atoms with E-state index in [0.717, 1.165) is 38.4 Å². The lowest BCUT2D eigenvalue weighted by molar-refractivity contribution is 0.0297. The molecule has 0 aliphatic rings. The van der Waals surface area contributed by atoms with E-state index in [2.05, 4.69) is 19.6 Å². The molecule has 92 valence electrons. The van der Waals surface area contributed by atoms with Crippen LogP contribution in [0.5, 0.6) is 0 Å². The normalized spacial score (nSPS) is 13.0. The summed E-state index contributed by atoms with van der Waals surface area (Å²) < 4.78 is 15.8. The first-order valence-electron chi connectivity index (χ1n) is 5.60. The SMILES string of the molecule is CCC(CS)COCCOCCCOC. The summed E-state index contributed by atoms with van der Waals surface area (Å²) in [6.45, 7) is 5.82. The predicted octanol–water partition coefficient (Wildman–Crippen LogP) is 2.01. The Labute approximate surface area is 98.9 Å². The van der Waals surface area contributed by atoms with Crippen LogP contribution < -0.4 is 0 Å². The molecule has 0 amide bonds. The summed E-state index contributed by atoms with van der Waals surface area (Å²) in [7, 11) is 1.70. The molecule has 0 aromatic carbocycles. The van der Waals surface area contributed by atoms with Gasteiger partial charge in [0.25, 0.3) is 0 Å². The molecule has 0 saturated carbocycles. The van der Waals surface area contributed by atoms with Gasteiger partial charge in [-0.3, -0.25) is 0 Å². The van der Waals surface area contributed by atoms with Crippen molar-refractivity contribution in [1.82, 2.24) is 0 Å². The summed E-state index contributed by atoms with van der Waals surface area (Å²) in [6.07, 6.45) is 2.07.